The van der Waals surface area contributed by atoms with E-state index in [2.05, 4.69) is 27.3 Å². The van der Waals surface area contributed by atoms with Crippen molar-refractivity contribution in [3.05, 3.63) is 42.4 Å². The molecule has 11 heteroatoms. The Morgan fingerprint density at radius 3 is 2.82 bits per heavy atom. The number of nitrogens with zero attached hydrogens (tertiary/aromatic N) is 5. The fraction of sp³-hybridized carbons (Fsp3) is 0.478. The van der Waals surface area contributed by atoms with Crippen LogP contribution in [-0.2, 0) is 10.9 Å². The first-order valence-electron chi connectivity index (χ1n) is 11.1. The Labute approximate surface area is 194 Å². The first-order valence-corrected chi connectivity index (χ1v) is 11.1. The second-order valence-corrected chi connectivity index (χ2v) is 9.26. The molecule has 4 atom stereocenters. The predicted octanol–water partition coefficient (Wildman–Crippen LogP) is 4.62. The fourth-order valence-corrected chi connectivity index (χ4v) is 5.55. The lowest BCUT2D eigenvalue weighted by molar-refractivity contribution is -0.155. The van der Waals surface area contributed by atoms with Crippen LogP contribution in [0.2, 0.25) is 0 Å². The van der Waals surface area contributed by atoms with Crippen molar-refractivity contribution in [1.29, 1.82) is 0 Å². The topological polar surface area (TPSA) is 84.7 Å². The summed E-state index contributed by atoms with van der Waals surface area (Å²) < 4.78 is 48.2. The zero-order valence-electron chi connectivity index (χ0n) is 19.0. The van der Waals surface area contributed by atoms with Gasteiger partial charge in [-0.2, -0.15) is 13.2 Å². The normalized spacial score (nSPS) is 25.2. The maximum absolute atomic E-state index is 13.7. The van der Waals surface area contributed by atoms with E-state index >= 15 is 0 Å². The average molecular weight is 474 g/mol. The van der Waals surface area contributed by atoms with Gasteiger partial charge in [0.25, 0.3) is 0 Å². The van der Waals surface area contributed by atoms with Crippen molar-refractivity contribution >= 4 is 17.4 Å². The van der Waals surface area contributed by atoms with Crippen molar-refractivity contribution in [2.24, 2.45) is 5.92 Å². The van der Waals surface area contributed by atoms with Crippen molar-refractivity contribution in [2.45, 2.75) is 57.0 Å². The molecular formula is C23H25F3N6O2. The van der Waals surface area contributed by atoms with Gasteiger partial charge in [0.2, 0.25) is 0 Å². The summed E-state index contributed by atoms with van der Waals surface area (Å²) in [4.78, 5) is 23.0. The van der Waals surface area contributed by atoms with E-state index in [0.717, 1.165) is 19.3 Å². The maximum atomic E-state index is 13.7. The highest BCUT2D eigenvalue weighted by Crippen LogP contribution is 2.52. The fourth-order valence-electron chi connectivity index (χ4n) is 5.55. The van der Waals surface area contributed by atoms with Gasteiger partial charge in [-0.15, -0.1) is 5.10 Å². The number of rotatable bonds is 4. The van der Waals surface area contributed by atoms with E-state index in [9.17, 15) is 18.0 Å². The number of anilines is 1. The van der Waals surface area contributed by atoms with Gasteiger partial charge in [0.05, 0.1) is 28.9 Å². The molecule has 2 unspecified atom stereocenters. The second-order valence-electron chi connectivity index (χ2n) is 9.26. The van der Waals surface area contributed by atoms with Gasteiger partial charge in [0.15, 0.2) is 5.82 Å². The summed E-state index contributed by atoms with van der Waals surface area (Å²) >= 11 is 0. The van der Waals surface area contributed by atoms with E-state index in [1.54, 1.807) is 30.3 Å². The molecular weight excluding hydrogens is 449 g/mol. The molecule has 3 aromatic heterocycles. The van der Waals surface area contributed by atoms with Gasteiger partial charge in [0, 0.05) is 31.1 Å². The van der Waals surface area contributed by atoms with Gasteiger partial charge in [-0.1, -0.05) is 6.92 Å². The number of hydrogen-bond acceptors (Lipinski definition) is 5. The Hall–Kier alpha value is -3.21. The van der Waals surface area contributed by atoms with Crippen LogP contribution < -0.4 is 5.32 Å². The lowest BCUT2D eigenvalue weighted by atomic mass is 9.62. The Morgan fingerprint density at radius 1 is 1.29 bits per heavy atom. The maximum Gasteiger partial charge on any atom is 0.418 e. The summed E-state index contributed by atoms with van der Waals surface area (Å²) in [6.45, 7) is 4.10. The number of carbonyl (C=O) groups is 1. The third kappa shape index (κ3) is 3.58. The highest BCUT2D eigenvalue weighted by atomic mass is 19.4. The molecule has 1 aliphatic heterocycles. The number of methoxy groups -OCH3 is 1. The number of carbonyl (C=O) groups excluding carboxylic acids is 1. The molecule has 1 saturated heterocycles. The largest absolute Gasteiger partial charge is 0.418 e. The number of nitrogens with one attached hydrogen (secondary N) is 1. The third-order valence-electron chi connectivity index (χ3n) is 7.11. The molecule has 0 aromatic carbocycles. The van der Waals surface area contributed by atoms with Crippen LogP contribution >= 0.6 is 0 Å². The quantitative estimate of drug-likeness (QED) is 0.597. The van der Waals surface area contributed by atoms with Crippen LogP contribution in [0.4, 0.5) is 23.8 Å². The van der Waals surface area contributed by atoms with Crippen LogP contribution in [0.5, 0.6) is 0 Å². The van der Waals surface area contributed by atoms with Gasteiger partial charge in [0.1, 0.15) is 5.82 Å². The number of aromatic nitrogens is 4. The number of halogens is 3. The summed E-state index contributed by atoms with van der Waals surface area (Å²) in [5.74, 6) is 0.340. The van der Waals surface area contributed by atoms with Crippen molar-refractivity contribution in [3.63, 3.8) is 0 Å². The monoisotopic (exact) mass is 474 g/mol. The summed E-state index contributed by atoms with van der Waals surface area (Å²) in [5, 5.41) is 6.90. The molecule has 3 aromatic rings. The minimum Gasteiger partial charge on any atom is -0.379 e. The van der Waals surface area contributed by atoms with Gasteiger partial charge in [-0.25, -0.2) is 19.3 Å². The molecule has 1 aliphatic carbocycles. The smallest absolute Gasteiger partial charge is 0.379 e. The average Bonchev–Trinajstić information content (AvgIpc) is 3.25. The number of alkyl halides is 3. The zero-order valence-corrected chi connectivity index (χ0v) is 19.0. The molecule has 2 amide bonds. The highest BCUT2D eigenvalue weighted by molar-refractivity contribution is 5.91. The minimum atomic E-state index is -4.66. The van der Waals surface area contributed by atoms with Crippen molar-refractivity contribution in [1.82, 2.24) is 24.5 Å². The van der Waals surface area contributed by atoms with E-state index in [4.69, 9.17) is 4.74 Å². The molecule has 4 heterocycles. The predicted molar refractivity (Wildman–Crippen MR) is 118 cm³/mol. The van der Waals surface area contributed by atoms with Gasteiger partial charge < -0.3 is 9.64 Å². The van der Waals surface area contributed by atoms with E-state index in [1.165, 1.54) is 16.8 Å². The summed E-state index contributed by atoms with van der Waals surface area (Å²) in [7, 11) is 1.62. The van der Waals surface area contributed by atoms with E-state index < -0.39 is 23.3 Å². The Morgan fingerprint density at radius 2 is 2.09 bits per heavy atom. The molecule has 8 nitrogen and oxygen atoms in total. The van der Waals surface area contributed by atoms with Crippen LogP contribution in [0.15, 0.2) is 36.8 Å². The molecule has 5 rings (SSSR count). The molecule has 1 saturated carbocycles. The number of urea groups is 1. The minimum absolute atomic E-state index is 0.00226. The molecule has 180 valence electrons. The van der Waals surface area contributed by atoms with E-state index in [-0.39, 0.29) is 29.4 Å². The summed E-state index contributed by atoms with van der Waals surface area (Å²) in [6, 6.07) is 4.31. The zero-order chi connectivity index (χ0) is 24.3. The molecule has 2 bridgehead atoms. The van der Waals surface area contributed by atoms with Crippen LogP contribution in [0.25, 0.3) is 16.9 Å². The molecule has 0 spiro atoms. The lowest BCUT2D eigenvalue weighted by Crippen LogP contribution is -2.76. The number of fused-ring (bicyclic) bond motifs is 3. The molecule has 2 fully saturated rings. The Bertz CT molecular complexity index is 1240. The standard InChI is InChI=1S/C23H25F3N6O2/c1-13-7-16-10-22(9-13,14(2)34-3)32(16)21(33)29-19-8-17(18(12-27-19)23(24,25)26)20-28-11-15-5-4-6-31(15)30-20/h4-6,8,11-14,16H,7,9-10H2,1-3H3,(H,27,29,33)/t13-,14-,16?,22?/m1/s1. The number of hydrogen-bond donors (Lipinski definition) is 1. The summed E-state index contributed by atoms with van der Waals surface area (Å²) in [6.07, 6.45) is 1.47. The number of pyridine rings is 1. The molecule has 34 heavy (non-hydrogen) atoms. The van der Waals surface area contributed by atoms with Gasteiger partial charge in [-0.05, 0) is 50.3 Å². The van der Waals surface area contributed by atoms with Crippen molar-refractivity contribution in [3.8, 4) is 11.4 Å². The number of likely N-dealkylation sites (tertiary alicyclic amines) is 1. The van der Waals surface area contributed by atoms with Crippen LogP contribution in [0.3, 0.4) is 0 Å². The first kappa shape index (κ1) is 22.6. The highest BCUT2D eigenvalue weighted by Gasteiger charge is 2.61. The van der Waals surface area contributed by atoms with Crippen LogP contribution in [0, 0.1) is 5.92 Å². The third-order valence-corrected chi connectivity index (χ3v) is 7.11. The van der Waals surface area contributed by atoms with E-state index in [0.29, 0.717) is 17.6 Å². The number of amides is 2. The van der Waals surface area contributed by atoms with Gasteiger partial charge in [-0.3, -0.25) is 5.32 Å². The lowest BCUT2D eigenvalue weighted by Gasteiger charge is -2.65. The Kier molecular flexibility index (Phi) is 5.27. The number of ether oxygens (including phenoxy) is 1. The molecule has 0 radical (unpaired) electrons. The summed E-state index contributed by atoms with van der Waals surface area (Å²) in [5.41, 5.74) is -1.02. The van der Waals surface area contributed by atoms with Crippen LogP contribution in [-0.4, -0.2) is 55.3 Å². The number of piperidine rings is 1. The second kappa shape index (κ2) is 7.93. The van der Waals surface area contributed by atoms with Crippen molar-refractivity contribution < 1.29 is 22.7 Å². The van der Waals surface area contributed by atoms with Gasteiger partial charge >= 0.3 is 12.2 Å². The molecule has 1 N–H and O–H groups in total. The van der Waals surface area contributed by atoms with Crippen LogP contribution in [0.1, 0.15) is 38.7 Å². The van der Waals surface area contributed by atoms with E-state index in [1.807, 2.05) is 6.92 Å². The van der Waals surface area contributed by atoms with Crippen molar-refractivity contribution in [2.75, 3.05) is 12.4 Å². The molecule has 2 aliphatic rings. The Balaban J connectivity index is 1.48. The SMILES string of the molecule is CO[C@H](C)C12CC(C[C@@H](C)C1)N2C(=O)Nc1cc(-c2ncc3cccn3n2)c(C(F)(F)F)cn1. The first-order chi connectivity index (χ1) is 16.1.